The molecule has 3 fully saturated rings. The summed E-state index contributed by atoms with van der Waals surface area (Å²) in [7, 11) is 0. The van der Waals surface area contributed by atoms with Gasteiger partial charge in [-0.05, 0) is 69.9 Å². The van der Waals surface area contributed by atoms with Crippen molar-refractivity contribution in [3.8, 4) is 0 Å². The molecular formula is C18H32N2O. The van der Waals surface area contributed by atoms with Crippen LogP contribution in [0, 0.1) is 17.8 Å². The van der Waals surface area contributed by atoms with Gasteiger partial charge in [0.05, 0.1) is 0 Å². The summed E-state index contributed by atoms with van der Waals surface area (Å²) >= 11 is 0. The third-order valence-electron chi connectivity index (χ3n) is 6.27. The van der Waals surface area contributed by atoms with Crippen LogP contribution >= 0.6 is 0 Å². The molecule has 0 aromatic rings. The van der Waals surface area contributed by atoms with E-state index in [1.807, 2.05) is 0 Å². The number of nitrogens with one attached hydrogen (secondary N) is 1. The van der Waals surface area contributed by atoms with Gasteiger partial charge in [0.1, 0.15) is 0 Å². The van der Waals surface area contributed by atoms with Crippen LogP contribution in [0.3, 0.4) is 0 Å². The Labute approximate surface area is 129 Å². The molecule has 0 aromatic heterocycles. The van der Waals surface area contributed by atoms with E-state index in [2.05, 4.69) is 24.1 Å². The van der Waals surface area contributed by atoms with Crippen molar-refractivity contribution in [3.63, 3.8) is 0 Å². The van der Waals surface area contributed by atoms with Crippen molar-refractivity contribution < 1.29 is 4.79 Å². The summed E-state index contributed by atoms with van der Waals surface area (Å²) in [5, 5.41) is 3.49. The van der Waals surface area contributed by atoms with Crippen LogP contribution in [0.1, 0.15) is 65.2 Å². The SMILES string of the molecule is CC(CC(=O)N1C(C)CC2CCCCC21)C1CCCNC1. The first-order valence-electron chi connectivity index (χ1n) is 9.18. The molecule has 0 radical (unpaired) electrons. The minimum Gasteiger partial charge on any atom is -0.337 e. The van der Waals surface area contributed by atoms with E-state index in [9.17, 15) is 4.79 Å². The molecule has 1 amide bonds. The zero-order valence-corrected chi connectivity index (χ0v) is 13.8. The lowest BCUT2D eigenvalue weighted by molar-refractivity contribution is -0.135. The molecule has 3 heteroatoms. The Morgan fingerprint density at radius 3 is 2.81 bits per heavy atom. The standard InChI is InChI=1S/C18H32N2O/c1-13(16-7-5-9-19-12-16)10-18(21)20-14(2)11-15-6-3-4-8-17(15)20/h13-17,19H,3-12H2,1-2H3. The first-order chi connectivity index (χ1) is 10.2. The topological polar surface area (TPSA) is 32.3 Å². The molecule has 3 rings (SSSR count). The third-order valence-corrected chi connectivity index (χ3v) is 6.27. The number of carbonyl (C=O) groups excluding carboxylic acids is 1. The Morgan fingerprint density at radius 1 is 1.24 bits per heavy atom. The van der Waals surface area contributed by atoms with E-state index in [1.165, 1.54) is 44.9 Å². The number of fused-ring (bicyclic) bond motifs is 1. The molecule has 1 N–H and O–H groups in total. The van der Waals surface area contributed by atoms with Gasteiger partial charge < -0.3 is 10.2 Å². The Balaban J connectivity index is 1.58. The van der Waals surface area contributed by atoms with Gasteiger partial charge in [-0.25, -0.2) is 0 Å². The summed E-state index contributed by atoms with van der Waals surface area (Å²) in [5.41, 5.74) is 0. The van der Waals surface area contributed by atoms with Gasteiger partial charge in [-0.3, -0.25) is 4.79 Å². The molecule has 0 spiro atoms. The molecule has 5 unspecified atom stereocenters. The normalized spacial score (nSPS) is 38.1. The largest absolute Gasteiger partial charge is 0.337 e. The van der Waals surface area contributed by atoms with Crippen LogP contribution in [0.5, 0.6) is 0 Å². The van der Waals surface area contributed by atoms with Gasteiger partial charge in [0, 0.05) is 18.5 Å². The van der Waals surface area contributed by atoms with Gasteiger partial charge in [0.2, 0.25) is 5.91 Å². The Morgan fingerprint density at radius 2 is 2.05 bits per heavy atom. The van der Waals surface area contributed by atoms with Crippen LogP contribution in [0.4, 0.5) is 0 Å². The summed E-state index contributed by atoms with van der Waals surface area (Å²) < 4.78 is 0. The fraction of sp³-hybridized carbons (Fsp3) is 0.944. The Bertz CT molecular complexity index is 364. The summed E-state index contributed by atoms with van der Waals surface area (Å²) in [6.07, 6.45) is 9.87. The van der Waals surface area contributed by atoms with Crippen LogP contribution in [0.15, 0.2) is 0 Å². The molecular weight excluding hydrogens is 260 g/mol. The van der Waals surface area contributed by atoms with E-state index in [1.54, 1.807) is 0 Å². The van der Waals surface area contributed by atoms with E-state index < -0.39 is 0 Å². The fourth-order valence-electron chi connectivity index (χ4n) is 5.05. The van der Waals surface area contributed by atoms with Crippen molar-refractivity contribution in [2.75, 3.05) is 13.1 Å². The van der Waals surface area contributed by atoms with E-state index in [0.29, 0.717) is 29.8 Å². The minimum atomic E-state index is 0.440. The van der Waals surface area contributed by atoms with Gasteiger partial charge >= 0.3 is 0 Å². The first kappa shape index (κ1) is 15.3. The number of nitrogens with zero attached hydrogens (tertiary/aromatic N) is 1. The molecule has 1 aliphatic carbocycles. The van der Waals surface area contributed by atoms with Crippen LogP contribution in [0.2, 0.25) is 0 Å². The Kier molecular flexibility index (Phi) is 4.88. The maximum absolute atomic E-state index is 12.9. The number of hydrogen-bond acceptors (Lipinski definition) is 2. The zero-order chi connectivity index (χ0) is 14.8. The molecule has 1 saturated carbocycles. The highest BCUT2D eigenvalue weighted by atomic mass is 16.2. The fourth-order valence-corrected chi connectivity index (χ4v) is 5.05. The molecule has 0 bridgehead atoms. The lowest BCUT2D eigenvalue weighted by atomic mass is 9.84. The van der Waals surface area contributed by atoms with Gasteiger partial charge in [-0.2, -0.15) is 0 Å². The summed E-state index contributed by atoms with van der Waals surface area (Å²) in [4.78, 5) is 15.2. The van der Waals surface area contributed by atoms with Crippen molar-refractivity contribution in [1.29, 1.82) is 0 Å². The lowest BCUT2D eigenvalue weighted by Crippen LogP contribution is -2.44. The summed E-state index contributed by atoms with van der Waals surface area (Å²) in [6, 6.07) is 1.04. The van der Waals surface area contributed by atoms with Crippen LogP contribution in [-0.2, 0) is 4.79 Å². The van der Waals surface area contributed by atoms with Crippen molar-refractivity contribution >= 4 is 5.91 Å². The van der Waals surface area contributed by atoms with E-state index >= 15 is 0 Å². The number of rotatable bonds is 3. The number of likely N-dealkylation sites (tertiary alicyclic amines) is 1. The van der Waals surface area contributed by atoms with Gasteiger partial charge in [0.25, 0.3) is 0 Å². The quantitative estimate of drug-likeness (QED) is 0.866. The number of piperidine rings is 1. The molecule has 120 valence electrons. The lowest BCUT2D eigenvalue weighted by Gasteiger charge is -2.35. The molecule has 2 saturated heterocycles. The summed E-state index contributed by atoms with van der Waals surface area (Å²) in [6.45, 7) is 6.82. The smallest absolute Gasteiger partial charge is 0.223 e. The highest BCUT2D eigenvalue weighted by molar-refractivity contribution is 5.77. The van der Waals surface area contributed by atoms with Gasteiger partial charge in [-0.15, -0.1) is 0 Å². The molecule has 3 nitrogen and oxygen atoms in total. The highest BCUT2D eigenvalue weighted by Crippen LogP contribution is 2.40. The maximum atomic E-state index is 12.9. The molecule has 2 heterocycles. The van der Waals surface area contributed by atoms with E-state index in [-0.39, 0.29) is 0 Å². The molecule has 0 aromatic carbocycles. The Hall–Kier alpha value is -0.570. The molecule has 21 heavy (non-hydrogen) atoms. The van der Waals surface area contributed by atoms with Crippen molar-refractivity contribution in [3.05, 3.63) is 0 Å². The molecule has 2 aliphatic heterocycles. The summed E-state index contributed by atoms with van der Waals surface area (Å²) in [5.74, 6) is 2.46. The van der Waals surface area contributed by atoms with Crippen molar-refractivity contribution in [1.82, 2.24) is 10.2 Å². The predicted molar refractivity (Wildman–Crippen MR) is 86.0 cm³/mol. The van der Waals surface area contributed by atoms with Crippen molar-refractivity contribution in [2.24, 2.45) is 17.8 Å². The second-order valence-electron chi connectivity index (χ2n) is 7.79. The number of amides is 1. The third kappa shape index (κ3) is 3.28. The first-order valence-corrected chi connectivity index (χ1v) is 9.18. The van der Waals surface area contributed by atoms with E-state index in [0.717, 1.165) is 25.4 Å². The van der Waals surface area contributed by atoms with Crippen LogP contribution < -0.4 is 5.32 Å². The van der Waals surface area contributed by atoms with Crippen molar-refractivity contribution in [2.45, 2.75) is 77.3 Å². The molecule has 5 atom stereocenters. The second-order valence-corrected chi connectivity index (χ2v) is 7.79. The monoisotopic (exact) mass is 292 g/mol. The average molecular weight is 292 g/mol. The maximum Gasteiger partial charge on any atom is 0.223 e. The van der Waals surface area contributed by atoms with Gasteiger partial charge in [0.15, 0.2) is 0 Å². The van der Waals surface area contributed by atoms with Gasteiger partial charge in [-0.1, -0.05) is 19.8 Å². The van der Waals surface area contributed by atoms with Crippen LogP contribution in [0.25, 0.3) is 0 Å². The van der Waals surface area contributed by atoms with E-state index in [4.69, 9.17) is 0 Å². The number of carbonyl (C=O) groups is 1. The molecule has 3 aliphatic rings. The predicted octanol–water partition coefficient (Wildman–Crippen LogP) is 3.19. The minimum absolute atomic E-state index is 0.440. The average Bonchev–Trinajstić information content (AvgIpc) is 2.83. The number of hydrogen-bond donors (Lipinski definition) is 1. The van der Waals surface area contributed by atoms with Crippen LogP contribution in [-0.4, -0.2) is 36.0 Å². The zero-order valence-electron chi connectivity index (χ0n) is 13.8. The second kappa shape index (κ2) is 6.68. The highest BCUT2D eigenvalue weighted by Gasteiger charge is 2.42.